The Morgan fingerprint density at radius 3 is 2.55 bits per heavy atom. The summed E-state index contributed by atoms with van der Waals surface area (Å²) in [6, 6.07) is 10.4. The predicted molar refractivity (Wildman–Crippen MR) is 118 cm³/mol. The summed E-state index contributed by atoms with van der Waals surface area (Å²) in [7, 11) is -3.36. The largest absolute Gasteiger partial charge is 0.448 e. The Labute approximate surface area is 182 Å². The third-order valence-electron chi connectivity index (χ3n) is 6.26. The molecule has 0 radical (unpaired) electrons. The van der Waals surface area contributed by atoms with Crippen molar-refractivity contribution in [2.75, 3.05) is 15.9 Å². The van der Waals surface area contributed by atoms with Crippen LogP contribution in [-0.2, 0) is 16.4 Å². The van der Waals surface area contributed by atoms with Crippen molar-refractivity contribution in [1.82, 2.24) is 0 Å². The molecular weight excluding hydrogens is 416 g/mol. The van der Waals surface area contributed by atoms with Crippen LogP contribution in [0, 0.1) is 0 Å². The summed E-state index contributed by atoms with van der Waals surface area (Å²) >= 11 is 0. The Bertz CT molecular complexity index is 1150. The van der Waals surface area contributed by atoms with Crippen molar-refractivity contribution in [2.45, 2.75) is 57.3 Å². The van der Waals surface area contributed by atoms with Gasteiger partial charge in [0.2, 0.25) is 10.0 Å². The SMILES string of the molecule is CC1Cc2cc(C(=O)Nc3ccc4c(c3)OC3(CCCCC3)O4)ccc2N1S(C)(=O)=O. The van der Waals surface area contributed by atoms with Gasteiger partial charge in [0.1, 0.15) is 0 Å². The smallest absolute Gasteiger partial charge is 0.255 e. The predicted octanol–water partition coefficient (Wildman–Crippen LogP) is 4.08. The van der Waals surface area contributed by atoms with Crippen LogP contribution in [0.15, 0.2) is 36.4 Å². The molecule has 2 aliphatic heterocycles. The number of nitrogens with one attached hydrogen (secondary N) is 1. The lowest BCUT2D eigenvalue weighted by Crippen LogP contribution is -2.40. The zero-order valence-electron chi connectivity index (χ0n) is 17.7. The van der Waals surface area contributed by atoms with Crippen LogP contribution in [0.4, 0.5) is 11.4 Å². The topological polar surface area (TPSA) is 84.9 Å². The molecule has 2 heterocycles. The Hall–Kier alpha value is -2.74. The van der Waals surface area contributed by atoms with Crippen molar-refractivity contribution in [3.63, 3.8) is 0 Å². The van der Waals surface area contributed by atoms with Crippen molar-refractivity contribution in [3.05, 3.63) is 47.5 Å². The van der Waals surface area contributed by atoms with Gasteiger partial charge in [-0.2, -0.15) is 0 Å². The first kappa shape index (κ1) is 20.2. The number of carbonyl (C=O) groups excluding carboxylic acids is 1. The van der Waals surface area contributed by atoms with Gasteiger partial charge in [-0.1, -0.05) is 6.42 Å². The Kier molecular flexibility index (Phi) is 4.66. The lowest BCUT2D eigenvalue weighted by atomic mass is 9.94. The van der Waals surface area contributed by atoms with Gasteiger partial charge in [-0.15, -0.1) is 0 Å². The fourth-order valence-electron chi connectivity index (χ4n) is 4.92. The molecule has 1 aliphatic carbocycles. The van der Waals surface area contributed by atoms with E-state index in [-0.39, 0.29) is 11.9 Å². The van der Waals surface area contributed by atoms with Gasteiger partial charge in [-0.25, -0.2) is 8.42 Å². The van der Waals surface area contributed by atoms with Gasteiger partial charge >= 0.3 is 0 Å². The number of carbonyl (C=O) groups is 1. The Morgan fingerprint density at radius 2 is 1.81 bits per heavy atom. The number of nitrogens with zero attached hydrogens (tertiary/aromatic N) is 1. The van der Waals surface area contributed by atoms with Gasteiger partial charge in [0.05, 0.1) is 11.9 Å². The van der Waals surface area contributed by atoms with Crippen LogP contribution in [-0.4, -0.2) is 32.4 Å². The quantitative estimate of drug-likeness (QED) is 0.774. The number of benzene rings is 2. The number of amides is 1. The van der Waals surface area contributed by atoms with Crippen molar-refractivity contribution in [1.29, 1.82) is 0 Å². The molecule has 7 nitrogen and oxygen atoms in total. The van der Waals surface area contributed by atoms with Gasteiger partial charge < -0.3 is 14.8 Å². The molecule has 0 bridgehead atoms. The maximum absolute atomic E-state index is 12.9. The average Bonchev–Trinajstić information content (AvgIpc) is 3.23. The van der Waals surface area contributed by atoms with Crippen LogP contribution < -0.4 is 19.1 Å². The normalized spacial score (nSPS) is 21.2. The first-order chi connectivity index (χ1) is 14.7. The highest BCUT2D eigenvalue weighted by Crippen LogP contribution is 2.46. The summed E-state index contributed by atoms with van der Waals surface area (Å²) in [5, 5.41) is 2.92. The summed E-state index contributed by atoms with van der Waals surface area (Å²) in [5.74, 6) is 0.573. The standard InChI is InChI=1S/C23H26N2O5S/c1-15-12-17-13-16(6-8-19(17)25(15)31(2,27)28)22(26)24-18-7-9-20-21(14-18)30-23(29-20)10-4-3-5-11-23/h6-9,13-15H,3-5,10-12H2,1-2H3,(H,24,26). The molecule has 31 heavy (non-hydrogen) atoms. The van der Waals surface area contributed by atoms with Crippen LogP contribution in [0.5, 0.6) is 11.5 Å². The van der Waals surface area contributed by atoms with Crippen LogP contribution in [0.25, 0.3) is 0 Å². The van der Waals surface area contributed by atoms with E-state index in [1.165, 1.54) is 17.0 Å². The van der Waals surface area contributed by atoms with Gasteiger partial charge in [0.25, 0.3) is 11.7 Å². The first-order valence-electron chi connectivity index (χ1n) is 10.7. The van der Waals surface area contributed by atoms with Crippen molar-refractivity contribution in [2.24, 2.45) is 0 Å². The van der Waals surface area contributed by atoms with E-state index < -0.39 is 15.8 Å². The third-order valence-corrected chi connectivity index (χ3v) is 7.53. The molecule has 1 fully saturated rings. The molecule has 2 aromatic carbocycles. The van der Waals surface area contributed by atoms with E-state index in [9.17, 15) is 13.2 Å². The number of ether oxygens (including phenoxy) is 2. The van der Waals surface area contributed by atoms with Gasteiger partial charge in [-0.3, -0.25) is 9.10 Å². The molecular formula is C23H26N2O5S. The number of anilines is 2. The molecule has 5 rings (SSSR count). The maximum Gasteiger partial charge on any atom is 0.255 e. The highest BCUT2D eigenvalue weighted by molar-refractivity contribution is 7.92. The van der Waals surface area contributed by atoms with E-state index in [1.54, 1.807) is 24.3 Å². The van der Waals surface area contributed by atoms with E-state index in [4.69, 9.17) is 9.47 Å². The van der Waals surface area contributed by atoms with E-state index in [1.807, 2.05) is 19.1 Å². The Balaban J connectivity index is 1.33. The summed E-state index contributed by atoms with van der Waals surface area (Å²) in [6.07, 6.45) is 6.92. The Morgan fingerprint density at radius 1 is 1.06 bits per heavy atom. The van der Waals surface area contributed by atoms with Crippen molar-refractivity contribution in [3.8, 4) is 11.5 Å². The number of hydrogen-bond donors (Lipinski definition) is 1. The van der Waals surface area contributed by atoms with E-state index in [2.05, 4.69) is 5.32 Å². The molecule has 1 amide bonds. The molecule has 0 aromatic heterocycles. The summed E-state index contributed by atoms with van der Waals surface area (Å²) < 4.78 is 37.8. The number of fused-ring (bicyclic) bond motifs is 2. The van der Waals surface area contributed by atoms with Crippen molar-refractivity contribution >= 4 is 27.3 Å². The number of hydrogen-bond acceptors (Lipinski definition) is 5. The van der Waals surface area contributed by atoms with Gasteiger partial charge in [0, 0.05) is 36.2 Å². The minimum absolute atomic E-state index is 0.163. The minimum atomic E-state index is -3.36. The molecule has 1 N–H and O–H groups in total. The maximum atomic E-state index is 12.9. The minimum Gasteiger partial charge on any atom is -0.448 e. The zero-order valence-corrected chi connectivity index (χ0v) is 18.5. The second kappa shape index (κ2) is 7.15. The summed E-state index contributed by atoms with van der Waals surface area (Å²) in [6.45, 7) is 1.87. The molecule has 1 saturated carbocycles. The van der Waals surface area contributed by atoms with Gasteiger partial charge in [0.15, 0.2) is 11.5 Å². The molecule has 1 atom stereocenters. The first-order valence-corrected chi connectivity index (χ1v) is 12.5. The molecule has 1 spiro atoms. The zero-order chi connectivity index (χ0) is 21.8. The highest BCUT2D eigenvalue weighted by Gasteiger charge is 2.42. The molecule has 2 aromatic rings. The molecule has 3 aliphatic rings. The average molecular weight is 443 g/mol. The molecule has 8 heteroatoms. The monoisotopic (exact) mass is 442 g/mol. The number of sulfonamides is 1. The third kappa shape index (κ3) is 3.63. The van der Waals surface area contributed by atoms with Crippen LogP contribution >= 0.6 is 0 Å². The number of rotatable bonds is 3. The van der Waals surface area contributed by atoms with E-state index >= 15 is 0 Å². The fraction of sp³-hybridized carbons (Fsp3) is 0.435. The lowest BCUT2D eigenvalue weighted by molar-refractivity contribution is -0.105. The van der Waals surface area contributed by atoms with Crippen molar-refractivity contribution < 1.29 is 22.7 Å². The van der Waals surface area contributed by atoms with Crippen LogP contribution in [0.1, 0.15) is 54.9 Å². The summed E-state index contributed by atoms with van der Waals surface area (Å²) in [5.41, 5.74) is 2.62. The molecule has 164 valence electrons. The molecule has 1 unspecified atom stereocenters. The van der Waals surface area contributed by atoms with Gasteiger partial charge in [-0.05, 0) is 62.1 Å². The fourth-order valence-corrected chi connectivity index (χ4v) is 6.18. The second-order valence-corrected chi connectivity index (χ2v) is 10.6. The van der Waals surface area contributed by atoms with Crippen LogP contribution in [0.3, 0.4) is 0 Å². The summed E-state index contributed by atoms with van der Waals surface area (Å²) in [4.78, 5) is 12.9. The lowest BCUT2D eigenvalue weighted by Gasteiger charge is -2.31. The van der Waals surface area contributed by atoms with E-state index in [0.717, 1.165) is 31.2 Å². The van der Waals surface area contributed by atoms with E-state index in [0.29, 0.717) is 34.9 Å². The van der Waals surface area contributed by atoms with Crippen LogP contribution in [0.2, 0.25) is 0 Å². The molecule has 0 saturated heterocycles. The highest BCUT2D eigenvalue weighted by atomic mass is 32.2. The second-order valence-electron chi connectivity index (χ2n) is 8.75.